The molecule has 0 radical (unpaired) electrons. The van der Waals surface area contributed by atoms with Gasteiger partial charge in [-0.05, 0) is 13.8 Å². The Morgan fingerprint density at radius 3 is 2.40 bits per heavy atom. The lowest BCUT2D eigenvalue weighted by atomic mass is 10.3. The monoisotopic (exact) mass is 214 g/mol. The van der Waals surface area contributed by atoms with Crippen molar-refractivity contribution in [2.45, 2.75) is 20.0 Å². The summed E-state index contributed by atoms with van der Waals surface area (Å²) < 4.78 is 5.09. The standard InChI is InChI=1S/C9H14N2O4/c1-6(2)15-5-9(14)11-3-7(12)10-8(13)4-11/h6H,3-5H2,1-2H3,(H,10,12,13). The molecule has 1 heterocycles. The zero-order valence-corrected chi connectivity index (χ0v) is 8.78. The molecule has 1 saturated heterocycles. The highest BCUT2D eigenvalue weighted by Crippen LogP contribution is 1.97. The van der Waals surface area contributed by atoms with E-state index in [0.717, 1.165) is 0 Å². The number of carbonyl (C=O) groups excluding carboxylic acids is 3. The predicted octanol–water partition coefficient (Wildman–Crippen LogP) is -1.10. The zero-order valence-electron chi connectivity index (χ0n) is 8.78. The summed E-state index contributed by atoms with van der Waals surface area (Å²) in [6.45, 7) is 3.36. The Bertz CT molecular complexity index is 272. The van der Waals surface area contributed by atoms with Gasteiger partial charge in [0.1, 0.15) is 19.7 Å². The summed E-state index contributed by atoms with van der Waals surface area (Å²) >= 11 is 0. The van der Waals surface area contributed by atoms with Crippen LogP contribution in [0.25, 0.3) is 0 Å². The summed E-state index contributed by atoms with van der Waals surface area (Å²) in [5.74, 6) is -1.25. The van der Waals surface area contributed by atoms with E-state index in [-0.39, 0.29) is 31.7 Å². The van der Waals surface area contributed by atoms with Gasteiger partial charge in [-0.3, -0.25) is 19.7 Å². The summed E-state index contributed by atoms with van der Waals surface area (Å²) in [6, 6.07) is 0. The molecule has 3 amide bonds. The molecule has 6 heteroatoms. The molecule has 1 rings (SSSR count). The van der Waals surface area contributed by atoms with Crippen molar-refractivity contribution in [1.82, 2.24) is 10.2 Å². The number of nitrogens with one attached hydrogen (secondary N) is 1. The molecule has 0 bridgehead atoms. The minimum absolute atomic E-state index is 0.0525. The molecule has 1 aliphatic rings. The Hall–Kier alpha value is -1.43. The number of carbonyl (C=O) groups is 3. The van der Waals surface area contributed by atoms with Crippen LogP contribution >= 0.6 is 0 Å². The van der Waals surface area contributed by atoms with E-state index in [1.165, 1.54) is 4.90 Å². The van der Waals surface area contributed by atoms with E-state index in [9.17, 15) is 14.4 Å². The topological polar surface area (TPSA) is 75.7 Å². The Labute approximate surface area is 87.6 Å². The molecular formula is C9H14N2O4. The summed E-state index contributed by atoms with van der Waals surface area (Å²) in [5, 5.41) is 2.12. The minimum atomic E-state index is -0.454. The average molecular weight is 214 g/mol. The summed E-state index contributed by atoms with van der Waals surface area (Å²) in [6.07, 6.45) is -0.0525. The Balaban J connectivity index is 2.45. The summed E-state index contributed by atoms with van der Waals surface area (Å²) in [5.41, 5.74) is 0. The molecule has 0 unspecified atom stereocenters. The molecular weight excluding hydrogens is 200 g/mol. The first kappa shape index (κ1) is 11.6. The van der Waals surface area contributed by atoms with Crippen molar-refractivity contribution in [2.75, 3.05) is 19.7 Å². The second kappa shape index (κ2) is 4.88. The van der Waals surface area contributed by atoms with Gasteiger partial charge in [0, 0.05) is 0 Å². The van der Waals surface area contributed by atoms with Crippen LogP contribution in [0.5, 0.6) is 0 Å². The van der Waals surface area contributed by atoms with Crippen molar-refractivity contribution < 1.29 is 19.1 Å². The summed E-state index contributed by atoms with van der Waals surface area (Å²) in [7, 11) is 0. The first-order valence-corrected chi connectivity index (χ1v) is 4.71. The molecule has 1 fully saturated rings. The first-order valence-electron chi connectivity index (χ1n) is 4.71. The fourth-order valence-electron chi connectivity index (χ4n) is 1.14. The number of rotatable bonds is 3. The number of ether oxygens (including phenoxy) is 1. The molecule has 0 atom stereocenters. The Morgan fingerprint density at radius 1 is 1.40 bits per heavy atom. The van der Waals surface area contributed by atoms with Crippen molar-refractivity contribution in [3.8, 4) is 0 Å². The van der Waals surface area contributed by atoms with Gasteiger partial charge in [0.15, 0.2) is 0 Å². The molecule has 0 saturated carbocycles. The molecule has 1 aliphatic heterocycles. The van der Waals surface area contributed by atoms with Gasteiger partial charge < -0.3 is 9.64 Å². The van der Waals surface area contributed by atoms with E-state index in [2.05, 4.69) is 5.32 Å². The number of amides is 3. The van der Waals surface area contributed by atoms with E-state index in [0.29, 0.717) is 0 Å². The van der Waals surface area contributed by atoms with E-state index in [4.69, 9.17) is 4.74 Å². The Morgan fingerprint density at radius 2 is 1.93 bits per heavy atom. The third-order valence-electron chi connectivity index (χ3n) is 1.84. The molecule has 1 N–H and O–H groups in total. The van der Waals surface area contributed by atoms with Gasteiger partial charge in [-0.15, -0.1) is 0 Å². The molecule has 0 spiro atoms. The fourth-order valence-corrected chi connectivity index (χ4v) is 1.14. The van der Waals surface area contributed by atoms with Crippen LogP contribution in [-0.2, 0) is 19.1 Å². The lowest BCUT2D eigenvalue weighted by Crippen LogP contribution is -2.54. The van der Waals surface area contributed by atoms with Gasteiger partial charge in [-0.1, -0.05) is 0 Å². The minimum Gasteiger partial charge on any atom is -0.369 e. The fraction of sp³-hybridized carbons (Fsp3) is 0.667. The van der Waals surface area contributed by atoms with Crippen LogP contribution in [0.3, 0.4) is 0 Å². The molecule has 0 aromatic carbocycles. The van der Waals surface area contributed by atoms with E-state index in [1.54, 1.807) is 13.8 Å². The van der Waals surface area contributed by atoms with Crippen LogP contribution < -0.4 is 5.32 Å². The van der Waals surface area contributed by atoms with Gasteiger partial charge in [-0.25, -0.2) is 0 Å². The van der Waals surface area contributed by atoms with Crippen LogP contribution in [0.4, 0.5) is 0 Å². The maximum atomic E-state index is 11.5. The van der Waals surface area contributed by atoms with Crippen molar-refractivity contribution in [3.63, 3.8) is 0 Å². The normalized spacial score (nSPS) is 16.9. The highest BCUT2D eigenvalue weighted by Gasteiger charge is 2.26. The smallest absolute Gasteiger partial charge is 0.249 e. The SMILES string of the molecule is CC(C)OCC(=O)N1CC(=O)NC(=O)C1. The number of imide groups is 1. The van der Waals surface area contributed by atoms with Crippen molar-refractivity contribution in [1.29, 1.82) is 0 Å². The van der Waals surface area contributed by atoms with Crippen LogP contribution in [0.15, 0.2) is 0 Å². The summed E-state index contributed by atoms with van der Waals surface area (Å²) in [4.78, 5) is 34.6. The molecule has 84 valence electrons. The van der Waals surface area contributed by atoms with Gasteiger partial charge in [0.25, 0.3) is 0 Å². The lowest BCUT2D eigenvalue weighted by molar-refractivity contribution is -0.148. The zero-order chi connectivity index (χ0) is 11.4. The highest BCUT2D eigenvalue weighted by molar-refractivity contribution is 6.02. The first-order chi connectivity index (χ1) is 6.99. The third kappa shape index (κ3) is 3.67. The number of piperazine rings is 1. The lowest BCUT2D eigenvalue weighted by Gasteiger charge is -2.25. The molecule has 6 nitrogen and oxygen atoms in total. The van der Waals surface area contributed by atoms with Gasteiger partial charge >= 0.3 is 0 Å². The van der Waals surface area contributed by atoms with Crippen molar-refractivity contribution in [3.05, 3.63) is 0 Å². The van der Waals surface area contributed by atoms with Crippen molar-refractivity contribution >= 4 is 17.7 Å². The molecule has 0 aliphatic carbocycles. The molecule has 15 heavy (non-hydrogen) atoms. The van der Waals surface area contributed by atoms with E-state index >= 15 is 0 Å². The number of nitrogens with zero attached hydrogens (tertiary/aromatic N) is 1. The second-order valence-electron chi connectivity index (χ2n) is 3.58. The Kier molecular flexibility index (Phi) is 3.79. The van der Waals surface area contributed by atoms with Crippen LogP contribution in [-0.4, -0.2) is 48.4 Å². The maximum absolute atomic E-state index is 11.5. The average Bonchev–Trinajstić information content (AvgIpc) is 2.12. The largest absolute Gasteiger partial charge is 0.369 e. The van der Waals surface area contributed by atoms with E-state index < -0.39 is 11.8 Å². The van der Waals surface area contributed by atoms with Crippen LogP contribution in [0.1, 0.15) is 13.8 Å². The molecule has 0 aromatic rings. The van der Waals surface area contributed by atoms with Crippen molar-refractivity contribution in [2.24, 2.45) is 0 Å². The van der Waals surface area contributed by atoms with E-state index in [1.807, 2.05) is 0 Å². The predicted molar refractivity (Wildman–Crippen MR) is 50.8 cm³/mol. The molecule has 0 aromatic heterocycles. The van der Waals surface area contributed by atoms with Gasteiger partial charge in [0.2, 0.25) is 17.7 Å². The number of hydrogen-bond acceptors (Lipinski definition) is 4. The second-order valence-corrected chi connectivity index (χ2v) is 3.58. The maximum Gasteiger partial charge on any atom is 0.249 e. The third-order valence-corrected chi connectivity index (χ3v) is 1.84. The quantitative estimate of drug-likeness (QED) is 0.605. The van der Waals surface area contributed by atoms with Gasteiger partial charge in [0.05, 0.1) is 6.10 Å². The number of hydrogen-bond donors (Lipinski definition) is 1. The van der Waals surface area contributed by atoms with Crippen LogP contribution in [0, 0.1) is 0 Å². The highest BCUT2D eigenvalue weighted by atomic mass is 16.5. The van der Waals surface area contributed by atoms with Crippen LogP contribution in [0.2, 0.25) is 0 Å². The van der Waals surface area contributed by atoms with Gasteiger partial charge in [-0.2, -0.15) is 0 Å².